The first-order valence-corrected chi connectivity index (χ1v) is 11.3. The van der Waals surface area contributed by atoms with Gasteiger partial charge in [0, 0.05) is 55.0 Å². The number of carbonyl (C=O) groups excluding carboxylic acids is 1. The normalized spacial score (nSPS) is 14.6. The van der Waals surface area contributed by atoms with E-state index in [0.29, 0.717) is 11.6 Å². The summed E-state index contributed by atoms with van der Waals surface area (Å²) >= 11 is 7.45. The molecule has 0 unspecified atom stereocenters. The van der Waals surface area contributed by atoms with Crippen LogP contribution in [0.1, 0.15) is 16.1 Å². The van der Waals surface area contributed by atoms with Crippen molar-refractivity contribution >= 4 is 34.8 Å². The molecule has 4 rings (SSSR count). The molecule has 1 saturated heterocycles. The molecule has 0 spiro atoms. The number of carbonyl (C=O) groups is 1. The van der Waals surface area contributed by atoms with Gasteiger partial charge >= 0.3 is 0 Å². The minimum atomic E-state index is -0.00809. The van der Waals surface area contributed by atoms with Crippen LogP contribution in [-0.4, -0.2) is 60.0 Å². The van der Waals surface area contributed by atoms with Crippen molar-refractivity contribution in [1.29, 1.82) is 0 Å². The number of thiophene rings is 1. The summed E-state index contributed by atoms with van der Waals surface area (Å²) in [6.45, 7) is 5.49. The lowest BCUT2D eigenvalue weighted by molar-refractivity contribution is 0.0955. The number of halogens is 1. The number of benzene rings is 1. The van der Waals surface area contributed by atoms with E-state index in [0.717, 1.165) is 60.4 Å². The van der Waals surface area contributed by atoms with Crippen LogP contribution in [0.4, 0.5) is 5.95 Å². The average Bonchev–Trinajstić information content (AvgIpc) is 3.28. The fourth-order valence-corrected chi connectivity index (χ4v) is 4.50. The molecule has 8 heteroatoms. The van der Waals surface area contributed by atoms with E-state index in [1.807, 2.05) is 42.5 Å². The molecular formula is C22H24ClN5OS. The van der Waals surface area contributed by atoms with E-state index in [1.165, 1.54) is 11.3 Å². The van der Waals surface area contributed by atoms with Crippen molar-refractivity contribution in [3.8, 4) is 10.4 Å². The van der Waals surface area contributed by atoms with E-state index in [9.17, 15) is 4.79 Å². The average molecular weight is 442 g/mol. The number of piperazine rings is 1. The number of rotatable bonds is 7. The lowest BCUT2D eigenvalue weighted by atomic mass is 10.2. The molecule has 1 aliphatic heterocycles. The highest BCUT2D eigenvalue weighted by molar-refractivity contribution is 7.17. The van der Waals surface area contributed by atoms with E-state index in [2.05, 4.69) is 25.1 Å². The summed E-state index contributed by atoms with van der Waals surface area (Å²) in [7, 11) is 0. The van der Waals surface area contributed by atoms with Gasteiger partial charge in [-0.1, -0.05) is 23.7 Å². The van der Waals surface area contributed by atoms with Gasteiger partial charge in [0.25, 0.3) is 5.91 Å². The molecule has 0 saturated carbocycles. The first-order chi connectivity index (χ1) is 14.7. The van der Waals surface area contributed by atoms with Gasteiger partial charge in [-0.15, -0.1) is 11.3 Å². The molecule has 6 nitrogen and oxygen atoms in total. The van der Waals surface area contributed by atoms with Gasteiger partial charge in [-0.2, -0.15) is 0 Å². The Morgan fingerprint density at radius 1 is 1.03 bits per heavy atom. The highest BCUT2D eigenvalue weighted by Crippen LogP contribution is 2.29. The first-order valence-electron chi connectivity index (χ1n) is 10.1. The van der Waals surface area contributed by atoms with Crippen molar-refractivity contribution in [2.24, 2.45) is 0 Å². The highest BCUT2D eigenvalue weighted by Gasteiger charge is 2.18. The second-order valence-electron chi connectivity index (χ2n) is 7.16. The van der Waals surface area contributed by atoms with Gasteiger partial charge in [-0.05, 0) is 48.9 Å². The predicted molar refractivity (Wildman–Crippen MR) is 122 cm³/mol. The quantitative estimate of drug-likeness (QED) is 0.565. The van der Waals surface area contributed by atoms with Gasteiger partial charge in [-0.25, -0.2) is 9.97 Å². The van der Waals surface area contributed by atoms with Crippen LogP contribution in [0.2, 0.25) is 5.02 Å². The van der Waals surface area contributed by atoms with E-state index in [-0.39, 0.29) is 5.91 Å². The summed E-state index contributed by atoms with van der Waals surface area (Å²) in [5.74, 6) is 0.796. The van der Waals surface area contributed by atoms with Crippen molar-refractivity contribution < 1.29 is 4.79 Å². The topological polar surface area (TPSA) is 61.4 Å². The molecule has 30 heavy (non-hydrogen) atoms. The third-order valence-electron chi connectivity index (χ3n) is 5.10. The van der Waals surface area contributed by atoms with Crippen LogP contribution in [0.5, 0.6) is 0 Å². The van der Waals surface area contributed by atoms with Crippen molar-refractivity contribution in [2.75, 3.05) is 44.2 Å². The number of hydrogen-bond acceptors (Lipinski definition) is 6. The van der Waals surface area contributed by atoms with Crippen LogP contribution in [0, 0.1) is 0 Å². The Morgan fingerprint density at radius 2 is 1.77 bits per heavy atom. The molecule has 1 aromatic carbocycles. The number of nitrogens with zero attached hydrogens (tertiary/aromatic N) is 4. The summed E-state index contributed by atoms with van der Waals surface area (Å²) in [5, 5.41) is 3.75. The fourth-order valence-electron chi connectivity index (χ4n) is 3.45. The Hall–Kier alpha value is -2.48. The Balaban J connectivity index is 1.17. The Morgan fingerprint density at radius 3 is 2.50 bits per heavy atom. The van der Waals surface area contributed by atoms with Crippen LogP contribution >= 0.6 is 22.9 Å². The summed E-state index contributed by atoms with van der Waals surface area (Å²) in [4.78, 5) is 27.5. The standard InChI is InChI=1S/C22H24ClN5OS/c23-18-5-3-17(4-6-18)19-7-8-20(30-19)21(29)24-11-2-12-27-13-15-28(16-14-27)22-25-9-1-10-26-22/h1,3-10H,2,11-16H2,(H,24,29). The Labute approximate surface area is 185 Å². The number of hydrogen-bond donors (Lipinski definition) is 1. The molecule has 3 aromatic rings. The molecule has 0 radical (unpaired) electrons. The minimum absolute atomic E-state index is 0.00809. The van der Waals surface area contributed by atoms with E-state index in [4.69, 9.17) is 11.6 Å². The van der Waals surface area contributed by atoms with E-state index >= 15 is 0 Å². The third-order valence-corrected chi connectivity index (χ3v) is 6.49. The van der Waals surface area contributed by atoms with Gasteiger partial charge < -0.3 is 10.2 Å². The number of amides is 1. The van der Waals surface area contributed by atoms with Gasteiger partial charge in [0.05, 0.1) is 4.88 Å². The second-order valence-corrected chi connectivity index (χ2v) is 8.68. The summed E-state index contributed by atoms with van der Waals surface area (Å²) in [6.07, 6.45) is 4.50. The zero-order chi connectivity index (χ0) is 20.8. The lowest BCUT2D eigenvalue weighted by Crippen LogP contribution is -2.47. The van der Waals surface area contributed by atoms with Crippen LogP contribution in [0.25, 0.3) is 10.4 Å². The van der Waals surface area contributed by atoms with Crippen LogP contribution in [0.15, 0.2) is 54.9 Å². The van der Waals surface area contributed by atoms with Crippen LogP contribution < -0.4 is 10.2 Å². The van der Waals surface area contributed by atoms with Gasteiger partial charge in [-0.3, -0.25) is 9.69 Å². The minimum Gasteiger partial charge on any atom is -0.351 e. The van der Waals surface area contributed by atoms with Crippen molar-refractivity contribution in [1.82, 2.24) is 20.2 Å². The molecule has 3 heterocycles. The second kappa shape index (κ2) is 10.0. The predicted octanol–water partition coefficient (Wildman–Crippen LogP) is 3.80. The molecule has 0 aliphatic carbocycles. The summed E-state index contributed by atoms with van der Waals surface area (Å²) in [6, 6.07) is 13.4. The summed E-state index contributed by atoms with van der Waals surface area (Å²) < 4.78 is 0. The highest BCUT2D eigenvalue weighted by atomic mass is 35.5. The molecule has 1 aliphatic rings. The SMILES string of the molecule is O=C(NCCCN1CCN(c2ncccn2)CC1)c1ccc(-c2ccc(Cl)cc2)s1. The smallest absolute Gasteiger partial charge is 0.261 e. The number of nitrogens with one attached hydrogen (secondary N) is 1. The fraction of sp³-hybridized carbons (Fsp3) is 0.318. The van der Waals surface area contributed by atoms with Gasteiger partial charge in [0.1, 0.15) is 0 Å². The number of anilines is 1. The number of aromatic nitrogens is 2. The van der Waals surface area contributed by atoms with Crippen LogP contribution in [0.3, 0.4) is 0 Å². The first kappa shape index (κ1) is 20.8. The third kappa shape index (κ3) is 5.36. The van der Waals surface area contributed by atoms with Gasteiger partial charge in [0.2, 0.25) is 5.95 Å². The zero-order valence-corrected chi connectivity index (χ0v) is 18.2. The maximum Gasteiger partial charge on any atom is 0.261 e. The summed E-state index contributed by atoms with van der Waals surface area (Å²) in [5.41, 5.74) is 1.07. The molecule has 0 atom stereocenters. The molecular weight excluding hydrogens is 418 g/mol. The molecule has 1 amide bonds. The molecule has 1 N–H and O–H groups in total. The Bertz CT molecular complexity index is 955. The van der Waals surface area contributed by atoms with Crippen molar-refractivity contribution in [3.05, 3.63) is 64.8 Å². The molecule has 2 aromatic heterocycles. The van der Waals surface area contributed by atoms with E-state index < -0.39 is 0 Å². The molecule has 0 bridgehead atoms. The largest absolute Gasteiger partial charge is 0.351 e. The van der Waals surface area contributed by atoms with Crippen LogP contribution in [-0.2, 0) is 0 Å². The van der Waals surface area contributed by atoms with Crippen molar-refractivity contribution in [2.45, 2.75) is 6.42 Å². The lowest BCUT2D eigenvalue weighted by Gasteiger charge is -2.34. The monoisotopic (exact) mass is 441 g/mol. The molecule has 1 fully saturated rings. The molecule has 156 valence electrons. The Kier molecular flexibility index (Phi) is 6.94. The van der Waals surface area contributed by atoms with Crippen molar-refractivity contribution in [3.63, 3.8) is 0 Å². The van der Waals surface area contributed by atoms with Gasteiger partial charge in [0.15, 0.2) is 0 Å². The maximum absolute atomic E-state index is 12.4. The maximum atomic E-state index is 12.4. The van der Waals surface area contributed by atoms with E-state index in [1.54, 1.807) is 12.4 Å². The zero-order valence-electron chi connectivity index (χ0n) is 16.6.